The molecule has 92 valence electrons. The monoisotopic (exact) mass is 222 g/mol. The molecule has 1 saturated carbocycles. The van der Waals surface area contributed by atoms with Gasteiger partial charge < -0.3 is 5.32 Å². The van der Waals surface area contributed by atoms with Crippen molar-refractivity contribution in [3.63, 3.8) is 0 Å². The molecule has 2 nitrogen and oxygen atoms in total. The minimum Gasteiger partial charge on any atom is -0.302 e. The first-order valence-corrected chi connectivity index (χ1v) is 6.69. The molecule has 2 heteroatoms. The molecule has 1 rings (SSSR count). The number of nitrogens with zero attached hydrogens (tertiary/aromatic N) is 1. The first-order chi connectivity index (χ1) is 7.75. The van der Waals surface area contributed by atoms with Crippen molar-refractivity contribution in [1.82, 2.24) is 10.2 Å². The van der Waals surface area contributed by atoms with E-state index in [9.17, 15) is 0 Å². The van der Waals surface area contributed by atoms with Gasteiger partial charge in [0, 0.05) is 5.54 Å². The van der Waals surface area contributed by atoms with E-state index >= 15 is 0 Å². The van der Waals surface area contributed by atoms with Crippen molar-refractivity contribution in [2.45, 2.75) is 58.0 Å². The molecule has 0 spiro atoms. The molecule has 0 radical (unpaired) electrons. The van der Waals surface area contributed by atoms with E-state index in [2.05, 4.69) is 36.9 Å². The van der Waals surface area contributed by atoms with Crippen LogP contribution in [0.15, 0.2) is 0 Å². The summed E-state index contributed by atoms with van der Waals surface area (Å²) in [6.45, 7) is 9.76. The van der Waals surface area contributed by atoms with Gasteiger partial charge in [0.05, 0.1) is 6.04 Å². The summed E-state index contributed by atoms with van der Waals surface area (Å²) in [7, 11) is 0. The maximum absolute atomic E-state index is 5.73. The molecule has 0 aromatic heterocycles. The van der Waals surface area contributed by atoms with Crippen LogP contribution in [0.5, 0.6) is 0 Å². The average Bonchev–Trinajstić information content (AvgIpc) is 2.78. The van der Waals surface area contributed by atoms with Crippen molar-refractivity contribution >= 4 is 0 Å². The summed E-state index contributed by atoms with van der Waals surface area (Å²) in [4.78, 5) is 2.56. The largest absolute Gasteiger partial charge is 0.302 e. The standard InChI is InChI=1S/C14H26N2/c1-5-13(15-6-2)14(11-9-10-12-14)16(7-3)8-4/h1,13,15H,6-12H2,2-4H3. The average molecular weight is 222 g/mol. The van der Waals surface area contributed by atoms with E-state index in [0.717, 1.165) is 19.6 Å². The van der Waals surface area contributed by atoms with E-state index in [4.69, 9.17) is 6.42 Å². The van der Waals surface area contributed by atoms with Crippen LogP contribution in [0.1, 0.15) is 46.5 Å². The van der Waals surface area contributed by atoms with Crippen LogP contribution in [0.3, 0.4) is 0 Å². The zero-order chi connectivity index (χ0) is 12.0. The fraction of sp³-hybridized carbons (Fsp3) is 0.857. The molecule has 1 aliphatic rings. The highest BCUT2D eigenvalue weighted by atomic mass is 15.2. The molecule has 1 N–H and O–H groups in total. The van der Waals surface area contributed by atoms with Gasteiger partial charge in [-0.1, -0.05) is 39.5 Å². The second-order valence-corrected chi connectivity index (χ2v) is 4.64. The van der Waals surface area contributed by atoms with Crippen LogP contribution in [0, 0.1) is 12.3 Å². The Morgan fingerprint density at radius 1 is 1.25 bits per heavy atom. The Labute approximate surface area is 101 Å². The van der Waals surface area contributed by atoms with Crippen molar-refractivity contribution in [3.05, 3.63) is 0 Å². The third-order valence-corrected chi connectivity index (χ3v) is 3.97. The smallest absolute Gasteiger partial charge is 0.0873 e. The van der Waals surface area contributed by atoms with E-state index in [1.165, 1.54) is 25.7 Å². The van der Waals surface area contributed by atoms with Crippen LogP contribution in [-0.2, 0) is 0 Å². The molecule has 0 aromatic carbocycles. The number of nitrogens with one attached hydrogen (secondary N) is 1. The fourth-order valence-corrected chi connectivity index (χ4v) is 3.24. The van der Waals surface area contributed by atoms with Gasteiger partial charge in [-0.05, 0) is 32.5 Å². The molecular formula is C14H26N2. The van der Waals surface area contributed by atoms with Crippen LogP contribution in [-0.4, -0.2) is 36.1 Å². The maximum Gasteiger partial charge on any atom is 0.0873 e. The van der Waals surface area contributed by atoms with E-state index < -0.39 is 0 Å². The number of hydrogen-bond donors (Lipinski definition) is 1. The van der Waals surface area contributed by atoms with Crippen LogP contribution in [0.2, 0.25) is 0 Å². The zero-order valence-corrected chi connectivity index (χ0v) is 11.1. The van der Waals surface area contributed by atoms with Gasteiger partial charge in [-0.3, -0.25) is 4.90 Å². The minimum absolute atomic E-state index is 0.208. The lowest BCUT2D eigenvalue weighted by Crippen LogP contribution is -2.59. The molecule has 0 heterocycles. The van der Waals surface area contributed by atoms with Crippen LogP contribution in [0.4, 0.5) is 0 Å². The Balaban J connectivity index is 2.90. The fourth-order valence-electron chi connectivity index (χ4n) is 3.24. The summed E-state index contributed by atoms with van der Waals surface area (Å²) in [6, 6.07) is 0.208. The summed E-state index contributed by atoms with van der Waals surface area (Å²) in [5, 5.41) is 3.49. The Kier molecular flexibility index (Phi) is 5.31. The lowest BCUT2D eigenvalue weighted by molar-refractivity contribution is 0.0828. The van der Waals surface area contributed by atoms with Crippen LogP contribution in [0.25, 0.3) is 0 Å². The molecule has 0 aliphatic heterocycles. The second-order valence-electron chi connectivity index (χ2n) is 4.64. The first-order valence-electron chi connectivity index (χ1n) is 6.69. The van der Waals surface area contributed by atoms with E-state index in [-0.39, 0.29) is 11.6 Å². The Morgan fingerprint density at radius 2 is 1.81 bits per heavy atom. The summed E-state index contributed by atoms with van der Waals surface area (Å²) < 4.78 is 0. The van der Waals surface area contributed by atoms with Gasteiger partial charge in [-0.25, -0.2) is 0 Å². The molecule has 1 unspecified atom stereocenters. The number of likely N-dealkylation sites (N-methyl/N-ethyl adjacent to an activating group) is 2. The molecule has 1 aliphatic carbocycles. The summed E-state index contributed by atoms with van der Waals surface area (Å²) in [5.41, 5.74) is 0.217. The normalized spacial score (nSPS) is 20.9. The molecule has 0 amide bonds. The van der Waals surface area contributed by atoms with E-state index in [1.54, 1.807) is 0 Å². The van der Waals surface area contributed by atoms with Gasteiger partial charge in [0.15, 0.2) is 0 Å². The lowest BCUT2D eigenvalue weighted by atomic mass is 9.86. The highest BCUT2D eigenvalue weighted by Crippen LogP contribution is 2.37. The van der Waals surface area contributed by atoms with Gasteiger partial charge in [0.1, 0.15) is 0 Å². The molecule has 0 aromatic rings. The van der Waals surface area contributed by atoms with Crippen molar-refractivity contribution in [1.29, 1.82) is 0 Å². The minimum atomic E-state index is 0.208. The van der Waals surface area contributed by atoms with Gasteiger partial charge in [0.25, 0.3) is 0 Å². The van der Waals surface area contributed by atoms with Gasteiger partial charge in [-0.15, -0.1) is 6.42 Å². The van der Waals surface area contributed by atoms with Crippen molar-refractivity contribution in [2.24, 2.45) is 0 Å². The SMILES string of the molecule is C#CC(NCC)C1(N(CC)CC)CCCC1. The van der Waals surface area contributed by atoms with Crippen molar-refractivity contribution < 1.29 is 0 Å². The van der Waals surface area contributed by atoms with Gasteiger partial charge in [-0.2, -0.15) is 0 Å². The quantitative estimate of drug-likeness (QED) is 0.694. The second kappa shape index (κ2) is 6.27. The molecule has 1 fully saturated rings. The summed E-state index contributed by atoms with van der Waals surface area (Å²) in [5.74, 6) is 2.98. The molecule has 0 saturated heterocycles. The third-order valence-electron chi connectivity index (χ3n) is 3.97. The molecular weight excluding hydrogens is 196 g/mol. The number of hydrogen-bond acceptors (Lipinski definition) is 2. The predicted octanol–water partition coefficient (Wildman–Crippen LogP) is 2.25. The Morgan fingerprint density at radius 3 is 2.19 bits per heavy atom. The zero-order valence-electron chi connectivity index (χ0n) is 11.1. The summed E-state index contributed by atoms with van der Waals surface area (Å²) in [6.07, 6.45) is 10.9. The van der Waals surface area contributed by atoms with Crippen molar-refractivity contribution in [3.8, 4) is 12.3 Å². The topological polar surface area (TPSA) is 15.3 Å². The van der Waals surface area contributed by atoms with Gasteiger partial charge in [0.2, 0.25) is 0 Å². The van der Waals surface area contributed by atoms with Crippen LogP contribution < -0.4 is 5.32 Å². The van der Waals surface area contributed by atoms with Crippen LogP contribution >= 0.6 is 0 Å². The number of terminal acetylenes is 1. The number of rotatable bonds is 6. The highest BCUT2D eigenvalue weighted by Gasteiger charge is 2.43. The lowest BCUT2D eigenvalue weighted by Gasteiger charge is -2.44. The molecule has 16 heavy (non-hydrogen) atoms. The summed E-state index contributed by atoms with van der Waals surface area (Å²) >= 11 is 0. The predicted molar refractivity (Wildman–Crippen MR) is 70.4 cm³/mol. The van der Waals surface area contributed by atoms with Gasteiger partial charge >= 0.3 is 0 Å². The first kappa shape index (κ1) is 13.5. The van der Waals surface area contributed by atoms with E-state index in [0.29, 0.717) is 0 Å². The third kappa shape index (κ3) is 2.42. The molecule has 1 atom stereocenters. The molecule has 0 bridgehead atoms. The Bertz CT molecular complexity index is 232. The maximum atomic E-state index is 5.73. The van der Waals surface area contributed by atoms with E-state index in [1.807, 2.05) is 0 Å². The highest BCUT2D eigenvalue weighted by molar-refractivity contribution is 5.15. The Hall–Kier alpha value is -0.520. The van der Waals surface area contributed by atoms with Crippen molar-refractivity contribution in [2.75, 3.05) is 19.6 Å².